The molecule has 0 aliphatic rings. The van der Waals surface area contributed by atoms with Crippen LogP contribution in [0.2, 0.25) is 0 Å². The molecule has 0 amide bonds. The van der Waals surface area contributed by atoms with Crippen LogP contribution in [-0.2, 0) is 4.79 Å². The van der Waals surface area contributed by atoms with E-state index in [1.165, 1.54) is 18.4 Å². The first-order valence-corrected chi connectivity index (χ1v) is 3.17. The Morgan fingerprint density at radius 3 is 2.78 bits per heavy atom. The third kappa shape index (κ3) is 5.59. The molecule has 0 aliphatic carbocycles. The predicted molar refractivity (Wildman–Crippen MR) is 39.4 cm³/mol. The summed E-state index contributed by atoms with van der Waals surface area (Å²) in [5.41, 5.74) is 0. The normalized spacial score (nSPS) is 14.1. The van der Waals surface area contributed by atoms with Crippen molar-refractivity contribution in [3.05, 3.63) is 11.5 Å². The van der Waals surface area contributed by atoms with Crippen molar-refractivity contribution in [1.82, 2.24) is 0 Å². The van der Waals surface area contributed by atoms with E-state index in [2.05, 4.69) is 12.6 Å². The highest BCUT2D eigenvalue weighted by Crippen LogP contribution is 1.94. The maximum atomic E-state index is 10.3. The summed E-state index contributed by atoms with van der Waals surface area (Å²) in [6.45, 7) is 1.44. The predicted octanol–water partition coefficient (Wildman–Crippen LogP) is 0.770. The Bertz CT molecular complexity index is 120. The molecule has 0 aliphatic heterocycles. The summed E-state index contributed by atoms with van der Waals surface area (Å²) in [5.74, 6) is -0.0195. The van der Waals surface area contributed by atoms with Gasteiger partial charge in [0.05, 0.1) is 6.10 Å². The van der Waals surface area contributed by atoms with Crippen molar-refractivity contribution in [3.63, 3.8) is 0 Å². The summed E-state index contributed by atoms with van der Waals surface area (Å²) in [6.07, 6.45) is 0.974. The molecule has 3 heteroatoms. The second kappa shape index (κ2) is 4.58. The van der Waals surface area contributed by atoms with E-state index in [-0.39, 0.29) is 12.2 Å². The number of hydrogen-bond acceptors (Lipinski definition) is 3. The summed E-state index contributed by atoms with van der Waals surface area (Å²) >= 11 is 3.73. The van der Waals surface area contributed by atoms with Crippen molar-refractivity contribution in [2.45, 2.75) is 19.4 Å². The van der Waals surface area contributed by atoms with Gasteiger partial charge in [-0.25, -0.2) is 0 Å². The van der Waals surface area contributed by atoms with E-state index in [0.29, 0.717) is 0 Å². The number of rotatable bonds is 3. The minimum absolute atomic E-state index is 0.0195. The Kier molecular flexibility index (Phi) is 4.44. The summed E-state index contributed by atoms with van der Waals surface area (Å²) in [7, 11) is 0. The van der Waals surface area contributed by atoms with Gasteiger partial charge in [-0.15, -0.1) is 0 Å². The fraction of sp³-hybridized carbons (Fsp3) is 0.500. The molecule has 0 aromatic carbocycles. The molecule has 0 fully saturated rings. The minimum atomic E-state index is -0.667. The van der Waals surface area contributed by atoms with Gasteiger partial charge in [-0.3, -0.25) is 4.79 Å². The SMILES string of the molecule is CC(=O)CC(O)C=CS. The second-order valence-electron chi connectivity index (χ2n) is 1.82. The zero-order chi connectivity index (χ0) is 7.28. The molecule has 0 saturated heterocycles. The van der Waals surface area contributed by atoms with Crippen LogP contribution in [0.1, 0.15) is 13.3 Å². The number of Topliss-reactive ketones (excluding diaryl/α,β-unsaturated/α-hetero) is 1. The van der Waals surface area contributed by atoms with Crippen LogP contribution in [0.25, 0.3) is 0 Å². The molecular weight excluding hydrogens is 136 g/mol. The lowest BCUT2D eigenvalue weighted by molar-refractivity contribution is -0.118. The van der Waals surface area contributed by atoms with Gasteiger partial charge in [0, 0.05) is 6.42 Å². The molecule has 0 rings (SSSR count). The molecule has 2 nitrogen and oxygen atoms in total. The lowest BCUT2D eigenvalue weighted by Crippen LogP contribution is -2.06. The summed E-state index contributed by atoms with van der Waals surface area (Å²) in [6, 6.07) is 0. The molecule has 0 saturated carbocycles. The average molecular weight is 146 g/mol. The topological polar surface area (TPSA) is 37.3 Å². The number of carbonyl (C=O) groups is 1. The first kappa shape index (κ1) is 8.72. The van der Waals surface area contributed by atoms with Crippen molar-refractivity contribution in [1.29, 1.82) is 0 Å². The van der Waals surface area contributed by atoms with E-state index in [4.69, 9.17) is 5.11 Å². The maximum Gasteiger partial charge on any atom is 0.132 e. The van der Waals surface area contributed by atoms with Crippen molar-refractivity contribution in [2.24, 2.45) is 0 Å². The fourth-order valence-electron chi connectivity index (χ4n) is 0.462. The molecule has 52 valence electrons. The lowest BCUT2D eigenvalue weighted by Gasteiger charge is -1.98. The van der Waals surface area contributed by atoms with Crippen molar-refractivity contribution in [3.8, 4) is 0 Å². The largest absolute Gasteiger partial charge is 0.389 e. The molecule has 1 atom stereocenters. The highest BCUT2D eigenvalue weighted by atomic mass is 32.1. The summed E-state index contributed by atoms with van der Waals surface area (Å²) < 4.78 is 0. The van der Waals surface area contributed by atoms with E-state index in [1.807, 2.05) is 0 Å². The van der Waals surface area contributed by atoms with Gasteiger partial charge < -0.3 is 5.11 Å². The highest BCUT2D eigenvalue weighted by molar-refractivity contribution is 7.83. The van der Waals surface area contributed by atoms with Crippen LogP contribution in [0.15, 0.2) is 11.5 Å². The molecule has 1 unspecified atom stereocenters. The number of carbonyl (C=O) groups excluding carboxylic acids is 1. The molecule has 0 heterocycles. The van der Waals surface area contributed by atoms with E-state index in [9.17, 15) is 4.79 Å². The zero-order valence-electron chi connectivity index (χ0n) is 5.24. The Morgan fingerprint density at radius 2 is 2.44 bits per heavy atom. The van der Waals surface area contributed by atoms with Gasteiger partial charge in [0.1, 0.15) is 5.78 Å². The van der Waals surface area contributed by atoms with Crippen LogP contribution >= 0.6 is 12.6 Å². The Morgan fingerprint density at radius 1 is 1.89 bits per heavy atom. The summed E-state index contributed by atoms with van der Waals surface area (Å²) in [4.78, 5) is 10.3. The van der Waals surface area contributed by atoms with Crippen LogP contribution in [0.5, 0.6) is 0 Å². The van der Waals surface area contributed by atoms with Gasteiger partial charge in [-0.05, 0) is 18.4 Å². The molecule has 0 bridgehead atoms. The average Bonchev–Trinajstić information content (AvgIpc) is 1.63. The van der Waals surface area contributed by atoms with Gasteiger partial charge in [0.15, 0.2) is 0 Å². The number of hydrogen-bond donors (Lipinski definition) is 2. The molecule has 9 heavy (non-hydrogen) atoms. The van der Waals surface area contributed by atoms with Gasteiger partial charge in [-0.2, -0.15) is 12.6 Å². The number of ketones is 1. The maximum absolute atomic E-state index is 10.3. The highest BCUT2D eigenvalue weighted by Gasteiger charge is 2.00. The Labute approximate surface area is 60.0 Å². The quantitative estimate of drug-likeness (QED) is 0.577. The van der Waals surface area contributed by atoms with Gasteiger partial charge in [0.25, 0.3) is 0 Å². The third-order valence-corrected chi connectivity index (χ3v) is 0.977. The van der Waals surface area contributed by atoms with Crippen LogP contribution in [-0.4, -0.2) is 17.0 Å². The molecule has 0 aromatic rings. The van der Waals surface area contributed by atoms with Crippen molar-refractivity contribution < 1.29 is 9.90 Å². The zero-order valence-corrected chi connectivity index (χ0v) is 6.14. The summed E-state index contributed by atoms with van der Waals surface area (Å²) in [5, 5.41) is 10.3. The first-order chi connectivity index (χ1) is 4.16. The van der Waals surface area contributed by atoms with Crippen LogP contribution in [0.3, 0.4) is 0 Å². The van der Waals surface area contributed by atoms with Gasteiger partial charge in [0.2, 0.25) is 0 Å². The van der Waals surface area contributed by atoms with Crippen molar-refractivity contribution in [2.75, 3.05) is 0 Å². The monoisotopic (exact) mass is 146 g/mol. The third-order valence-electron chi connectivity index (χ3n) is 0.805. The van der Waals surface area contributed by atoms with Gasteiger partial charge >= 0.3 is 0 Å². The van der Waals surface area contributed by atoms with Crippen LogP contribution in [0.4, 0.5) is 0 Å². The second-order valence-corrected chi connectivity index (χ2v) is 2.11. The van der Waals surface area contributed by atoms with E-state index in [1.54, 1.807) is 0 Å². The fourth-order valence-corrected chi connectivity index (χ4v) is 0.661. The smallest absolute Gasteiger partial charge is 0.132 e. The molecule has 1 N–H and O–H groups in total. The Balaban J connectivity index is 3.50. The number of aliphatic hydroxyl groups excluding tert-OH is 1. The Hall–Kier alpha value is -0.280. The van der Waals surface area contributed by atoms with E-state index >= 15 is 0 Å². The lowest BCUT2D eigenvalue weighted by atomic mass is 10.2. The van der Waals surface area contributed by atoms with Crippen molar-refractivity contribution >= 4 is 18.4 Å². The number of aliphatic hydroxyl groups is 1. The standard InChI is InChI=1S/C6H10O2S/c1-5(7)4-6(8)2-3-9/h2-3,6,8-9H,4H2,1H3. The van der Waals surface area contributed by atoms with Gasteiger partial charge in [-0.1, -0.05) is 0 Å². The molecular formula is C6H10O2S. The van der Waals surface area contributed by atoms with E-state index < -0.39 is 6.10 Å². The molecule has 0 spiro atoms. The van der Waals surface area contributed by atoms with Crippen LogP contribution in [0, 0.1) is 0 Å². The van der Waals surface area contributed by atoms with E-state index in [0.717, 1.165) is 0 Å². The number of thiol groups is 1. The minimum Gasteiger partial charge on any atom is -0.389 e. The van der Waals surface area contributed by atoms with Crippen LogP contribution < -0.4 is 0 Å². The molecule has 0 aromatic heterocycles. The first-order valence-electron chi connectivity index (χ1n) is 2.65. The molecule has 0 radical (unpaired) electrons.